The van der Waals surface area contributed by atoms with Gasteiger partial charge in [-0.2, -0.15) is 15.2 Å². The number of rotatable bonds is 3. The lowest BCUT2D eigenvalue weighted by molar-refractivity contribution is 0.0306. The summed E-state index contributed by atoms with van der Waals surface area (Å²) in [5.74, 6) is 2.96. The van der Waals surface area contributed by atoms with Crippen LogP contribution in [-0.4, -0.2) is 48.8 Å². The molecule has 2 aromatic heterocycles. The molecule has 1 saturated carbocycles. The molecule has 124 valence electrons. The van der Waals surface area contributed by atoms with Crippen molar-refractivity contribution in [1.29, 1.82) is 0 Å². The van der Waals surface area contributed by atoms with Crippen LogP contribution >= 0.6 is 0 Å². The third-order valence-corrected chi connectivity index (χ3v) is 5.36. The number of aliphatic hydroxyl groups excluding tert-OH is 1. The Labute approximate surface area is 135 Å². The van der Waals surface area contributed by atoms with Gasteiger partial charge in [-0.15, -0.1) is 0 Å². The highest BCUT2D eigenvalue weighted by atomic mass is 16.3. The van der Waals surface area contributed by atoms with Crippen LogP contribution in [0.15, 0.2) is 18.5 Å². The molecule has 0 unspecified atom stereocenters. The molecule has 0 bridgehead atoms. The van der Waals surface area contributed by atoms with Crippen molar-refractivity contribution in [3.63, 3.8) is 0 Å². The van der Waals surface area contributed by atoms with Gasteiger partial charge in [-0.1, -0.05) is 6.92 Å². The van der Waals surface area contributed by atoms with Crippen molar-refractivity contribution >= 4 is 5.95 Å². The molecule has 7 heteroatoms. The van der Waals surface area contributed by atoms with Gasteiger partial charge < -0.3 is 10.0 Å². The minimum Gasteiger partial charge on any atom is -0.391 e. The van der Waals surface area contributed by atoms with Crippen LogP contribution in [0.25, 0.3) is 0 Å². The zero-order valence-corrected chi connectivity index (χ0v) is 13.7. The SMILES string of the molecule is CCc1nc(N2C[C@H]3C[C@@H](n4cccn4)[C@H](O)C[C@H]3C2)n(C)n1. The lowest BCUT2D eigenvalue weighted by Crippen LogP contribution is -2.36. The van der Waals surface area contributed by atoms with Gasteiger partial charge in [0.25, 0.3) is 0 Å². The van der Waals surface area contributed by atoms with E-state index in [9.17, 15) is 5.11 Å². The van der Waals surface area contributed by atoms with Crippen LogP contribution in [0.5, 0.6) is 0 Å². The van der Waals surface area contributed by atoms with Crippen LogP contribution in [0.4, 0.5) is 5.95 Å². The minimum atomic E-state index is -0.318. The fourth-order valence-corrected chi connectivity index (χ4v) is 4.18. The normalized spacial score (nSPS) is 30.7. The van der Waals surface area contributed by atoms with Crippen molar-refractivity contribution in [3.8, 4) is 0 Å². The van der Waals surface area contributed by atoms with Crippen LogP contribution in [0.2, 0.25) is 0 Å². The summed E-state index contributed by atoms with van der Waals surface area (Å²) < 4.78 is 3.80. The van der Waals surface area contributed by atoms with Crippen molar-refractivity contribution in [2.75, 3.05) is 18.0 Å². The summed E-state index contributed by atoms with van der Waals surface area (Å²) in [6.45, 7) is 4.03. The highest BCUT2D eigenvalue weighted by molar-refractivity contribution is 5.33. The lowest BCUT2D eigenvalue weighted by Gasteiger charge is -2.35. The van der Waals surface area contributed by atoms with Crippen molar-refractivity contribution in [3.05, 3.63) is 24.3 Å². The molecule has 2 fully saturated rings. The molecule has 0 spiro atoms. The molecule has 2 aromatic rings. The summed E-state index contributed by atoms with van der Waals surface area (Å²) >= 11 is 0. The first-order valence-electron chi connectivity index (χ1n) is 8.47. The molecule has 2 aliphatic rings. The summed E-state index contributed by atoms with van der Waals surface area (Å²) in [6, 6.07) is 2.02. The van der Waals surface area contributed by atoms with E-state index in [1.54, 1.807) is 6.20 Å². The second kappa shape index (κ2) is 5.63. The Balaban J connectivity index is 1.52. The van der Waals surface area contributed by atoms with Gasteiger partial charge in [0.15, 0.2) is 5.82 Å². The third kappa shape index (κ3) is 2.52. The number of nitrogens with zero attached hydrogens (tertiary/aromatic N) is 6. The Morgan fingerprint density at radius 3 is 2.70 bits per heavy atom. The molecule has 7 nitrogen and oxygen atoms in total. The molecule has 23 heavy (non-hydrogen) atoms. The first-order valence-corrected chi connectivity index (χ1v) is 8.47. The molecular formula is C16H24N6O. The summed E-state index contributed by atoms with van der Waals surface area (Å²) in [4.78, 5) is 6.99. The van der Waals surface area contributed by atoms with Gasteiger partial charge in [0.05, 0.1) is 12.1 Å². The second-order valence-corrected chi connectivity index (χ2v) is 6.82. The number of hydrogen-bond donors (Lipinski definition) is 1. The van der Waals surface area contributed by atoms with Crippen LogP contribution in [0.3, 0.4) is 0 Å². The van der Waals surface area contributed by atoms with E-state index in [0.29, 0.717) is 11.8 Å². The van der Waals surface area contributed by atoms with Crippen LogP contribution < -0.4 is 4.90 Å². The van der Waals surface area contributed by atoms with Gasteiger partial charge in [-0.3, -0.25) is 4.68 Å². The van der Waals surface area contributed by atoms with E-state index in [1.807, 2.05) is 28.7 Å². The first kappa shape index (κ1) is 14.7. The predicted molar refractivity (Wildman–Crippen MR) is 86.1 cm³/mol. The second-order valence-electron chi connectivity index (χ2n) is 6.82. The van der Waals surface area contributed by atoms with Gasteiger partial charge in [0.2, 0.25) is 5.95 Å². The maximum absolute atomic E-state index is 10.5. The average Bonchev–Trinajstić information content (AvgIpc) is 3.24. The zero-order chi connectivity index (χ0) is 16.0. The predicted octanol–water partition coefficient (Wildman–Crippen LogP) is 1.02. The fraction of sp³-hybridized carbons (Fsp3) is 0.688. The minimum absolute atomic E-state index is 0.0944. The number of anilines is 1. The standard InChI is InChI=1S/C16H24N6O/c1-3-15-18-16(20(2)19-15)21-9-11-7-13(22-6-4-5-17-22)14(23)8-12(11)10-21/h4-6,11-14,23H,3,7-10H2,1-2H3/t11-,12+,13-,14-/m1/s1. The molecule has 1 saturated heterocycles. The zero-order valence-electron chi connectivity index (χ0n) is 13.7. The quantitative estimate of drug-likeness (QED) is 0.915. The van der Waals surface area contributed by atoms with E-state index in [4.69, 9.17) is 0 Å². The van der Waals surface area contributed by atoms with Gasteiger partial charge in [0, 0.05) is 39.0 Å². The van der Waals surface area contributed by atoms with E-state index >= 15 is 0 Å². The first-order chi connectivity index (χ1) is 11.2. The van der Waals surface area contributed by atoms with Gasteiger partial charge in [-0.25, -0.2) is 4.68 Å². The molecule has 0 aromatic carbocycles. The summed E-state index contributed by atoms with van der Waals surface area (Å²) in [7, 11) is 1.96. The monoisotopic (exact) mass is 316 g/mol. The van der Waals surface area contributed by atoms with Gasteiger partial charge in [0.1, 0.15) is 0 Å². The van der Waals surface area contributed by atoms with Crippen molar-refractivity contribution < 1.29 is 5.11 Å². The van der Waals surface area contributed by atoms with Crippen LogP contribution in [-0.2, 0) is 13.5 Å². The number of hydrogen-bond acceptors (Lipinski definition) is 5. The maximum Gasteiger partial charge on any atom is 0.223 e. The van der Waals surface area contributed by atoms with Gasteiger partial charge in [-0.05, 0) is 30.7 Å². The van der Waals surface area contributed by atoms with E-state index in [0.717, 1.165) is 44.1 Å². The molecule has 4 rings (SSSR count). The maximum atomic E-state index is 10.5. The Hall–Kier alpha value is -1.89. The fourth-order valence-electron chi connectivity index (χ4n) is 4.18. The number of fused-ring (bicyclic) bond motifs is 1. The van der Waals surface area contributed by atoms with Crippen LogP contribution in [0.1, 0.15) is 31.6 Å². The summed E-state index contributed by atoms with van der Waals surface area (Å²) in [5, 5.41) is 19.3. The molecule has 3 heterocycles. The molecular weight excluding hydrogens is 292 g/mol. The van der Waals surface area contributed by atoms with Crippen LogP contribution in [0, 0.1) is 11.8 Å². The highest BCUT2D eigenvalue weighted by Crippen LogP contribution is 2.41. The Morgan fingerprint density at radius 1 is 1.26 bits per heavy atom. The van der Waals surface area contributed by atoms with E-state index < -0.39 is 0 Å². The molecule has 1 N–H and O–H groups in total. The average molecular weight is 316 g/mol. The third-order valence-electron chi connectivity index (χ3n) is 5.36. The Bertz CT molecular complexity index is 666. The van der Waals surface area contributed by atoms with Crippen molar-refractivity contribution in [1.82, 2.24) is 24.5 Å². The molecule has 0 radical (unpaired) electrons. The molecule has 1 aliphatic heterocycles. The smallest absolute Gasteiger partial charge is 0.223 e. The molecule has 4 atom stereocenters. The molecule has 1 aliphatic carbocycles. The van der Waals surface area contributed by atoms with Gasteiger partial charge >= 0.3 is 0 Å². The topological polar surface area (TPSA) is 72.0 Å². The number of aromatic nitrogens is 5. The number of aryl methyl sites for hydroxylation is 2. The molecule has 0 amide bonds. The summed E-state index contributed by atoms with van der Waals surface area (Å²) in [6.07, 6.45) is 6.09. The summed E-state index contributed by atoms with van der Waals surface area (Å²) in [5.41, 5.74) is 0. The van der Waals surface area contributed by atoms with Crippen molar-refractivity contribution in [2.45, 2.75) is 38.3 Å². The Kier molecular flexibility index (Phi) is 3.60. The van der Waals surface area contributed by atoms with E-state index in [1.165, 1.54) is 0 Å². The largest absolute Gasteiger partial charge is 0.391 e. The lowest BCUT2D eigenvalue weighted by atomic mass is 9.77. The Morgan fingerprint density at radius 2 is 2.04 bits per heavy atom. The van der Waals surface area contributed by atoms with E-state index in [2.05, 4.69) is 27.0 Å². The number of aliphatic hydroxyl groups is 1. The highest BCUT2D eigenvalue weighted by Gasteiger charge is 2.43. The van der Waals surface area contributed by atoms with E-state index in [-0.39, 0.29) is 12.1 Å². The van der Waals surface area contributed by atoms with Crippen molar-refractivity contribution in [2.24, 2.45) is 18.9 Å².